The topological polar surface area (TPSA) is 101 Å². The molecule has 0 heterocycles. The largest absolute Gasteiger partial charge is 0.369 e. The van der Waals surface area contributed by atoms with E-state index in [-0.39, 0.29) is 24.3 Å². The number of nitrogens with one attached hydrogen (secondary N) is 2. The van der Waals surface area contributed by atoms with E-state index in [0.717, 1.165) is 0 Å². The fourth-order valence-corrected chi connectivity index (χ4v) is 0.240. The molecular formula is C4H13ClN6. The zero-order valence-electron chi connectivity index (χ0n) is 6.46. The van der Waals surface area contributed by atoms with E-state index < -0.39 is 0 Å². The standard InChI is InChI=1S/C4H12N6.ClH/c1-7-3(5)9-10-4(6)8-2;/h1-2H3,(H3,5,7,9)(H3,6,8,10);1H. The highest BCUT2D eigenvalue weighted by Gasteiger charge is 1.87. The summed E-state index contributed by atoms with van der Waals surface area (Å²) in [4.78, 5) is 7.21. The van der Waals surface area contributed by atoms with Gasteiger partial charge in [-0.15, -0.1) is 12.4 Å². The van der Waals surface area contributed by atoms with Gasteiger partial charge in [-0.2, -0.15) is 0 Å². The van der Waals surface area contributed by atoms with Crippen molar-refractivity contribution < 1.29 is 0 Å². The van der Waals surface area contributed by atoms with Gasteiger partial charge in [0.05, 0.1) is 0 Å². The highest BCUT2D eigenvalue weighted by Crippen LogP contribution is 1.55. The van der Waals surface area contributed by atoms with Crippen LogP contribution in [-0.4, -0.2) is 26.0 Å². The van der Waals surface area contributed by atoms with Gasteiger partial charge in [-0.05, 0) is 0 Å². The van der Waals surface area contributed by atoms with E-state index in [9.17, 15) is 0 Å². The van der Waals surface area contributed by atoms with Crippen LogP contribution in [0.15, 0.2) is 9.98 Å². The molecule has 0 bridgehead atoms. The normalized spacial score (nSPS) is 11.8. The molecule has 0 amide bonds. The van der Waals surface area contributed by atoms with Crippen molar-refractivity contribution in [3.8, 4) is 0 Å². The third-order valence-corrected chi connectivity index (χ3v) is 0.800. The number of aliphatic imine (C=N–C) groups is 2. The van der Waals surface area contributed by atoms with E-state index in [4.69, 9.17) is 11.5 Å². The van der Waals surface area contributed by atoms with Crippen molar-refractivity contribution in [1.82, 2.24) is 10.9 Å². The molecule has 0 radical (unpaired) electrons. The van der Waals surface area contributed by atoms with Crippen molar-refractivity contribution in [1.29, 1.82) is 0 Å². The van der Waals surface area contributed by atoms with Crippen LogP contribution in [0, 0.1) is 0 Å². The van der Waals surface area contributed by atoms with Crippen LogP contribution in [0.4, 0.5) is 0 Å². The Morgan fingerprint density at radius 1 is 1.00 bits per heavy atom. The summed E-state index contributed by atoms with van der Waals surface area (Å²) >= 11 is 0. The third kappa shape index (κ3) is 6.72. The molecule has 0 spiro atoms. The van der Waals surface area contributed by atoms with Gasteiger partial charge in [-0.3, -0.25) is 20.8 Å². The van der Waals surface area contributed by atoms with Crippen LogP contribution in [-0.2, 0) is 0 Å². The number of hydrogen-bond acceptors (Lipinski definition) is 2. The molecule has 7 heteroatoms. The molecule has 0 aromatic heterocycles. The Balaban J connectivity index is 0. The van der Waals surface area contributed by atoms with Crippen molar-refractivity contribution in [2.75, 3.05) is 14.1 Å². The highest BCUT2D eigenvalue weighted by atomic mass is 35.5. The van der Waals surface area contributed by atoms with E-state index in [1.54, 1.807) is 14.1 Å². The van der Waals surface area contributed by atoms with Crippen molar-refractivity contribution >= 4 is 24.3 Å². The number of nitrogens with zero attached hydrogens (tertiary/aromatic N) is 2. The number of nitrogens with two attached hydrogens (primary N) is 2. The van der Waals surface area contributed by atoms with Crippen LogP contribution in [0.25, 0.3) is 0 Å². The molecule has 0 aliphatic heterocycles. The first-order chi connectivity index (χ1) is 4.70. The maximum absolute atomic E-state index is 5.24. The van der Waals surface area contributed by atoms with Crippen LogP contribution in [0.5, 0.6) is 0 Å². The quantitative estimate of drug-likeness (QED) is 0.205. The number of guanidine groups is 2. The zero-order valence-corrected chi connectivity index (χ0v) is 7.27. The lowest BCUT2D eigenvalue weighted by Crippen LogP contribution is -2.48. The smallest absolute Gasteiger partial charge is 0.207 e. The molecule has 0 aliphatic rings. The first-order valence-corrected chi connectivity index (χ1v) is 2.67. The minimum Gasteiger partial charge on any atom is -0.369 e. The number of hydrazine groups is 1. The maximum atomic E-state index is 5.24. The fraction of sp³-hybridized carbons (Fsp3) is 0.500. The van der Waals surface area contributed by atoms with Crippen molar-refractivity contribution in [3.63, 3.8) is 0 Å². The molecule has 0 fully saturated rings. The van der Waals surface area contributed by atoms with Crippen molar-refractivity contribution in [2.24, 2.45) is 21.5 Å². The molecule has 0 aliphatic carbocycles. The van der Waals surface area contributed by atoms with Gasteiger partial charge in [0, 0.05) is 14.1 Å². The summed E-state index contributed by atoms with van der Waals surface area (Å²) in [7, 11) is 3.12. The first-order valence-electron chi connectivity index (χ1n) is 2.67. The molecule has 0 atom stereocenters. The van der Waals surface area contributed by atoms with Crippen LogP contribution < -0.4 is 22.3 Å². The maximum Gasteiger partial charge on any atom is 0.207 e. The second kappa shape index (κ2) is 6.94. The van der Waals surface area contributed by atoms with E-state index in [1.807, 2.05) is 0 Å². The zero-order chi connectivity index (χ0) is 7.98. The van der Waals surface area contributed by atoms with Gasteiger partial charge in [-0.25, -0.2) is 0 Å². The van der Waals surface area contributed by atoms with Crippen LogP contribution in [0.3, 0.4) is 0 Å². The summed E-state index contributed by atoms with van der Waals surface area (Å²) in [5.41, 5.74) is 15.5. The molecule has 6 N–H and O–H groups in total. The molecular weight excluding hydrogens is 168 g/mol. The molecule has 0 unspecified atom stereocenters. The molecule has 0 saturated heterocycles. The van der Waals surface area contributed by atoms with Crippen molar-refractivity contribution in [3.05, 3.63) is 0 Å². The lowest BCUT2D eigenvalue weighted by atomic mass is 11.0. The van der Waals surface area contributed by atoms with E-state index in [0.29, 0.717) is 0 Å². The lowest BCUT2D eigenvalue weighted by molar-refractivity contribution is 0.840. The molecule has 6 nitrogen and oxygen atoms in total. The fourth-order valence-electron chi connectivity index (χ4n) is 0.240. The third-order valence-electron chi connectivity index (χ3n) is 0.800. The summed E-state index contributed by atoms with van der Waals surface area (Å²) in [5.74, 6) is 0.512. The minimum absolute atomic E-state index is 0. The molecule has 0 aromatic rings. The highest BCUT2D eigenvalue weighted by molar-refractivity contribution is 5.85. The Hall–Kier alpha value is -1.17. The van der Waals surface area contributed by atoms with Crippen LogP contribution >= 0.6 is 12.4 Å². The molecule has 66 valence electrons. The van der Waals surface area contributed by atoms with E-state index in [2.05, 4.69) is 20.8 Å². The number of hydrogen-bond donors (Lipinski definition) is 4. The van der Waals surface area contributed by atoms with Gasteiger partial charge >= 0.3 is 0 Å². The molecule has 0 saturated carbocycles. The first kappa shape index (κ1) is 12.5. The number of rotatable bonds is 0. The lowest BCUT2D eigenvalue weighted by Gasteiger charge is -2.05. The summed E-state index contributed by atoms with van der Waals surface area (Å²) in [5, 5.41) is 0. The van der Waals surface area contributed by atoms with Gasteiger partial charge in [0.25, 0.3) is 0 Å². The molecule has 0 aromatic carbocycles. The summed E-state index contributed by atoms with van der Waals surface area (Å²) in [6, 6.07) is 0. The Labute approximate surface area is 71.5 Å². The Morgan fingerprint density at radius 3 is 1.45 bits per heavy atom. The van der Waals surface area contributed by atoms with Crippen LogP contribution in [0.2, 0.25) is 0 Å². The Morgan fingerprint density at radius 2 is 1.27 bits per heavy atom. The Kier molecular flexibility index (Phi) is 7.89. The number of halogens is 1. The summed E-state index contributed by atoms with van der Waals surface area (Å²) in [6.45, 7) is 0. The second-order valence-corrected chi connectivity index (χ2v) is 1.47. The van der Waals surface area contributed by atoms with Crippen LogP contribution in [0.1, 0.15) is 0 Å². The summed E-state index contributed by atoms with van der Waals surface area (Å²) < 4.78 is 0. The predicted molar refractivity (Wildman–Crippen MR) is 48.6 cm³/mol. The Bertz CT molecular complexity index is 135. The minimum atomic E-state index is 0. The van der Waals surface area contributed by atoms with Gasteiger partial charge < -0.3 is 11.5 Å². The van der Waals surface area contributed by atoms with Gasteiger partial charge in [0.15, 0.2) is 0 Å². The molecule has 0 rings (SSSR count). The average molecular weight is 181 g/mol. The summed E-state index contributed by atoms with van der Waals surface area (Å²) in [6.07, 6.45) is 0. The monoisotopic (exact) mass is 180 g/mol. The van der Waals surface area contributed by atoms with E-state index in [1.165, 1.54) is 0 Å². The molecule has 11 heavy (non-hydrogen) atoms. The van der Waals surface area contributed by atoms with Gasteiger partial charge in [-0.1, -0.05) is 0 Å². The SMILES string of the molecule is CN=C(N)NNC(N)=NC.Cl. The van der Waals surface area contributed by atoms with Crippen molar-refractivity contribution in [2.45, 2.75) is 0 Å². The van der Waals surface area contributed by atoms with E-state index >= 15 is 0 Å². The second-order valence-electron chi connectivity index (χ2n) is 1.47. The van der Waals surface area contributed by atoms with Gasteiger partial charge in [0.2, 0.25) is 11.9 Å². The van der Waals surface area contributed by atoms with Gasteiger partial charge in [0.1, 0.15) is 0 Å². The average Bonchev–Trinajstić information content (AvgIpc) is 1.99. The predicted octanol–water partition coefficient (Wildman–Crippen LogP) is -1.61.